The van der Waals surface area contributed by atoms with Crippen LogP contribution in [0.3, 0.4) is 0 Å². The third kappa shape index (κ3) is 4.97. The molecule has 0 radical (unpaired) electrons. The summed E-state index contributed by atoms with van der Waals surface area (Å²) in [6, 6.07) is 6.04. The molecule has 0 saturated heterocycles. The maximum absolute atomic E-state index is 14.7. The zero-order chi connectivity index (χ0) is 22.5. The van der Waals surface area contributed by atoms with E-state index in [1.54, 1.807) is 12.1 Å². The molecule has 1 N–H and O–H groups in total. The van der Waals surface area contributed by atoms with E-state index in [9.17, 15) is 4.39 Å². The Morgan fingerprint density at radius 1 is 1.28 bits per heavy atom. The second-order valence-corrected chi connectivity index (χ2v) is 9.02. The Morgan fingerprint density at radius 3 is 2.84 bits per heavy atom. The summed E-state index contributed by atoms with van der Waals surface area (Å²) in [7, 11) is 0. The van der Waals surface area contributed by atoms with Crippen molar-refractivity contribution in [3.05, 3.63) is 95.4 Å². The van der Waals surface area contributed by atoms with Gasteiger partial charge >= 0.3 is 0 Å². The highest BCUT2D eigenvalue weighted by atomic mass is 35.5. The molecule has 1 saturated carbocycles. The van der Waals surface area contributed by atoms with Crippen LogP contribution in [0.15, 0.2) is 84.2 Å². The Labute approximate surface area is 195 Å². The van der Waals surface area contributed by atoms with E-state index in [1.165, 1.54) is 32.1 Å². The molecule has 3 aliphatic rings. The summed E-state index contributed by atoms with van der Waals surface area (Å²) in [6.45, 7) is 8.62. The first-order chi connectivity index (χ1) is 15.6. The molecule has 168 valence electrons. The first-order valence-corrected chi connectivity index (χ1v) is 11.8. The van der Waals surface area contributed by atoms with Gasteiger partial charge in [0.05, 0.1) is 18.4 Å². The van der Waals surface area contributed by atoms with Gasteiger partial charge in [0, 0.05) is 40.5 Å². The van der Waals surface area contributed by atoms with Gasteiger partial charge in [-0.3, -0.25) is 10.3 Å². The number of nitrogens with zero attached hydrogens (tertiary/aromatic N) is 2. The van der Waals surface area contributed by atoms with Crippen molar-refractivity contribution in [2.45, 2.75) is 56.8 Å². The Bertz CT molecular complexity index is 985. The van der Waals surface area contributed by atoms with Crippen molar-refractivity contribution in [1.82, 2.24) is 10.2 Å². The van der Waals surface area contributed by atoms with Gasteiger partial charge in [0.15, 0.2) is 0 Å². The number of aliphatic imine (C=N–C) groups is 1. The van der Waals surface area contributed by atoms with E-state index in [-0.39, 0.29) is 6.04 Å². The number of halogens is 2. The summed E-state index contributed by atoms with van der Waals surface area (Å²) in [4.78, 5) is 6.85. The summed E-state index contributed by atoms with van der Waals surface area (Å²) in [6.07, 6.45) is 17.3. The maximum atomic E-state index is 14.7. The molecule has 1 heterocycles. The molecule has 4 rings (SSSR count). The minimum atomic E-state index is -1.06. The molecular formula is C27H31ClFN3. The van der Waals surface area contributed by atoms with E-state index in [2.05, 4.69) is 18.5 Å². The van der Waals surface area contributed by atoms with Crippen molar-refractivity contribution in [3.63, 3.8) is 0 Å². The third-order valence-electron chi connectivity index (χ3n) is 6.51. The lowest BCUT2D eigenvalue weighted by molar-refractivity contribution is 0.267. The number of hydrogen-bond donors (Lipinski definition) is 1. The average molecular weight is 452 g/mol. The minimum Gasteiger partial charge on any atom is -0.341 e. The highest BCUT2D eigenvalue weighted by molar-refractivity contribution is 6.31. The van der Waals surface area contributed by atoms with Gasteiger partial charge in [0.2, 0.25) is 0 Å². The molecule has 1 fully saturated rings. The second-order valence-electron chi connectivity index (χ2n) is 8.61. The van der Waals surface area contributed by atoms with Crippen molar-refractivity contribution >= 4 is 17.3 Å². The van der Waals surface area contributed by atoms with Gasteiger partial charge in [-0.25, -0.2) is 4.39 Å². The molecule has 1 aromatic rings. The van der Waals surface area contributed by atoms with Crippen molar-refractivity contribution < 1.29 is 4.39 Å². The van der Waals surface area contributed by atoms with Crippen molar-refractivity contribution in [3.8, 4) is 0 Å². The van der Waals surface area contributed by atoms with Crippen LogP contribution in [-0.4, -0.2) is 23.3 Å². The van der Waals surface area contributed by atoms with Crippen molar-refractivity contribution in [2.75, 3.05) is 6.67 Å². The first kappa shape index (κ1) is 22.8. The largest absolute Gasteiger partial charge is 0.341 e. The zero-order valence-electron chi connectivity index (χ0n) is 18.4. The lowest BCUT2D eigenvalue weighted by Crippen LogP contribution is -2.31. The molecule has 1 aliphatic heterocycles. The van der Waals surface area contributed by atoms with Crippen LogP contribution >= 0.6 is 11.6 Å². The van der Waals surface area contributed by atoms with Crippen LogP contribution in [-0.2, 0) is 0 Å². The Balaban J connectivity index is 1.49. The number of benzene rings is 1. The first-order valence-electron chi connectivity index (χ1n) is 11.5. The third-order valence-corrected chi connectivity index (χ3v) is 6.84. The zero-order valence-corrected chi connectivity index (χ0v) is 19.2. The number of allylic oxidation sites excluding steroid dienone is 6. The molecule has 2 aliphatic carbocycles. The molecule has 0 spiro atoms. The lowest BCUT2D eigenvalue weighted by Gasteiger charge is -2.31. The highest BCUT2D eigenvalue weighted by Crippen LogP contribution is 2.48. The van der Waals surface area contributed by atoms with Crippen LogP contribution in [0.5, 0.6) is 0 Å². The molecule has 1 aromatic carbocycles. The van der Waals surface area contributed by atoms with Crippen molar-refractivity contribution in [1.29, 1.82) is 0 Å². The van der Waals surface area contributed by atoms with E-state index >= 15 is 0 Å². The number of alkyl halides is 1. The van der Waals surface area contributed by atoms with Crippen LogP contribution in [0.1, 0.15) is 61.9 Å². The van der Waals surface area contributed by atoms with E-state index in [0.717, 1.165) is 22.5 Å². The Morgan fingerprint density at radius 2 is 2.09 bits per heavy atom. The van der Waals surface area contributed by atoms with Crippen molar-refractivity contribution in [2.24, 2.45) is 4.99 Å². The van der Waals surface area contributed by atoms with Gasteiger partial charge < -0.3 is 4.90 Å². The van der Waals surface area contributed by atoms with Gasteiger partial charge in [-0.2, -0.15) is 0 Å². The van der Waals surface area contributed by atoms with Gasteiger partial charge in [-0.05, 0) is 42.7 Å². The second kappa shape index (κ2) is 10.5. The molecule has 5 heteroatoms. The van der Waals surface area contributed by atoms with Gasteiger partial charge in [-0.15, -0.1) is 0 Å². The van der Waals surface area contributed by atoms with Crippen LogP contribution in [0.25, 0.3) is 0 Å². The maximum Gasteiger partial charge on any atom is 0.129 e. The predicted octanol–water partition coefficient (Wildman–Crippen LogP) is 7.13. The quantitative estimate of drug-likeness (QED) is 0.352. The fourth-order valence-electron chi connectivity index (χ4n) is 4.87. The SMILES string of the molecule is C=C/C=C\C(=N/CNC1CCCCC1)C1=CC(=C)N(C2CC(F)c3c(Cl)cccc32)C=C1. The van der Waals surface area contributed by atoms with Crippen LogP contribution < -0.4 is 5.32 Å². The van der Waals surface area contributed by atoms with E-state index in [0.29, 0.717) is 29.7 Å². The molecule has 2 unspecified atom stereocenters. The standard InChI is InChI=1S/C27H31ClFN3/c1-3-4-13-25(31-18-30-21-9-6-5-7-10-21)20-14-15-32(19(2)16-20)26-17-24(29)27-22(26)11-8-12-23(27)28/h3-4,8,11-16,21,24,26,30H,1-2,5-7,9-10,17-18H2/b13-4-,31-25+. The Kier molecular flexibility index (Phi) is 7.44. The monoisotopic (exact) mass is 451 g/mol. The van der Waals surface area contributed by atoms with E-state index < -0.39 is 6.17 Å². The number of fused-ring (bicyclic) bond motifs is 1. The summed E-state index contributed by atoms with van der Waals surface area (Å²) >= 11 is 6.27. The summed E-state index contributed by atoms with van der Waals surface area (Å²) in [5.74, 6) is 0. The van der Waals surface area contributed by atoms with Crippen LogP contribution in [0.4, 0.5) is 4.39 Å². The van der Waals surface area contributed by atoms with Crippen LogP contribution in [0, 0.1) is 0 Å². The molecule has 0 aromatic heterocycles. The fraction of sp³-hybridized carbons (Fsp3) is 0.370. The molecule has 2 atom stereocenters. The predicted molar refractivity (Wildman–Crippen MR) is 133 cm³/mol. The molecule has 3 nitrogen and oxygen atoms in total. The highest BCUT2D eigenvalue weighted by Gasteiger charge is 2.36. The van der Waals surface area contributed by atoms with Gasteiger partial charge in [0.1, 0.15) is 6.17 Å². The summed E-state index contributed by atoms with van der Waals surface area (Å²) in [5.41, 5.74) is 4.22. The van der Waals surface area contributed by atoms with E-state index in [1.807, 2.05) is 47.5 Å². The number of rotatable bonds is 7. The smallest absolute Gasteiger partial charge is 0.129 e. The number of nitrogens with one attached hydrogen (secondary N) is 1. The topological polar surface area (TPSA) is 27.6 Å². The molecule has 32 heavy (non-hydrogen) atoms. The normalized spacial score (nSPS) is 24.2. The van der Waals surface area contributed by atoms with Gasteiger partial charge in [0.25, 0.3) is 0 Å². The molecular weight excluding hydrogens is 421 g/mol. The fourth-order valence-corrected chi connectivity index (χ4v) is 5.17. The minimum absolute atomic E-state index is 0.114. The molecule has 0 bridgehead atoms. The number of hydrogen-bond acceptors (Lipinski definition) is 3. The molecule has 0 amide bonds. The lowest BCUT2D eigenvalue weighted by atomic mass is 9.96. The van der Waals surface area contributed by atoms with Crippen LogP contribution in [0.2, 0.25) is 5.02 Å². The van der Waals surface area contributed by atoms with Gasteiger partial charge in [-0.1, -0.05) is 68.3 Å². The average Bonchev–Trinajstić information content (AvgIpc) is 3.14. The van der Waals surface area contributed by atoms with E-state index in [4.69, 9.17) is 16.6 Å². The summed E-state index contributed by atoms with van der Waals surface area (Å²) in [5, 5.41) is 4.06. The Hall–Kier alpha value is -2.43. The summed E-state index contributed by atoms with van der Waals surface area (Å²) < 4.78 is 14.7.